The number of aromatic hydroxyl groups is 1. The molecule has 0 aliphatic carbocycles. The molecule has 1 aliphatic rings. The van der Waals surface area contributed by atoms with Crippen molar-refractivity contribution in [3.05, 3.63) is 42.2 Å². The summed E-state index contributed by atoms with van der Waals surface area (Å²) in [5.74, 6) is -0.00224. The van der Waals surface area contributed by atoms with Gasteiger partial charge in [0.05, 0.1) is 5.56 Å². The normalized spacial score (nSPS) is 17.0. The van der Waals surface area contributed by atoms with Gasteiger partial charge in [-0.3, -0.25) is 9.78 Å². The third-order valence-corrected chi connectivity index (χ3v) is 5.30. The smallest absolute Gasteiger partial charge is 0.416 e. The lowest BCUT2D eigenvalue weighted by Gasteiger charge is -2.21. The molecule has 3 heterocycles. The predicted molar refractivity (Wildman–Crippen MR) is 104 cm³/mol. The van der Waals surface area contributed by atoms with Crippen molar-refractivity contribution >= 4 is 22.5 Å². The molecule has 4 rings (SSSR count). The zero-order valence-electron chi connectivity index (χ0n) is 15.9. The number of carbonyl (C=O) groups excluding carboxylic acids is 1. The Bertz CT molecular complexity index is 1120. The van der Waals surface area contributed by atoms with Gasteiger partial charge in [-0.25, -0.2) is 0 Å². The third kappa shape index (κ3) is 3.60. The van der Waals surface area contributed by atoms with Crippen molar-refractivity contribution in [3.63, 3.8) is 0 Å². The molecule has 0 spiro atoms. The van der Waals surface area contributed by atoms with E-state index in [2.05, 4.69) is 20.5 Å². The minimum Gasteiger partial charge on any atom is -0.507 e. The second-order valence-electron chi connectivity index (χ2n) is 7.13. The van der Waals surface area contributed by atoms with E-state index in [0.717, 1.165) is 12.5 Å². The van der Waals surface area contributed by atoms with Crippen LogP contribution in [0.3, 0.4) is 0 Å². The van der Waals surface area contributed by atoms with Crippen LogP contribution in [0.1, 0.15) is 18.4 Å². The van der Waals surface area contributed by atoms with Gasteiger partial charge in [0.15, 0.2) is 5.82 Å². The van der Waals surface area contributed by atoms with E-state index in [1.54, 1.807) is 24.2 Å². The fourth-order valence-corrected chi connectivity index (χ4v) is 3.55. The average Bonchev–Trinajstić information content (AvgIpc) is 3.03. The molecule has 30 heavy (non-hydrogen) atoms. The number of pyridine rings is 1. The summed E-state index contributed by atoms with van der Waals surface area (Å²) in [5.41, 5.74) is -0.562. The molecule has 156 valence electrons. The van der Waals surface area contributed by atoms with Crippen LogP contribution in [0.5, 0.6) is 5.75 Å². The number of carbonyl (C=O) groups is 1. The summed E-state index contributed by atoms with van der Waals surface area (Å²) in [6.07, 6.45) is -0.217. The fourth-order valence-electron chi connectivity index (χ4n) is 3.55. The van der Waals surface area contributed by atoms with Crippen molar-refractivity contribution in [2.75, 3.05) is 18.9 Å². The first kappa shape index (κ1) is 19.9. The largest absolute Gasteiger partial charge is 0.507 e. The maximum absolute atomic E-state index is 12.9. The number of phenols is 1. The summed E-state index contributed by atoms with van der Waals surface area (Å²) < 4.78 is 38.7. The molecule has 2 N–H and O–H groups in total. The number of hydrogen-bond acceptors (Lipinski definition) is 6. The molecule has 1 aliphatic heterocycles. The molecule has 3 aromatic rings. The second-order valence-corrected chi connectivity index (χ2v) is 7.13. The van der Waals surface area contributed by atoms with Crippen molar-refractivity contribution in [1.29, 1.82) is 0 Å². The lowest BCUT2D eigenvalue weighted by atomic mass is 10.0. The molecule has 0 radical (unpaired) electrons. The molecule has 7 nitrogen and oxygen atoms in total. The van der Waals surface area contributed by atoms with E-state index < -0.39 is 17.5 Å². The number of aromatic nitrogens is 3. The van der Waals surface area contributed by atoms with Crippen LogP contribution >= 0.6 is 0 Å². The molecular formula is C20H18F3N5O2. The maximum atomic E-state index is 12.9. The monoisotopic (exact) mass is 417 g/mol. The van der Waals surface area contributed by atoms with Gasteiger partial charge in [-0.05, 0) is 30.7 Å². The molecule has 1 amide bonds. The highest BCUT2D eigenvalue weighted by molar-refractivity contribution is 6.00. The number of alkyl halides is 3. The summed E-state index contributed by atoms with van der Waals surface area (Å²) in [6, 6.07) is 4.43. The van der Waals surface area contributed by atoms with E-state index in [0.29, 0.717) is 35.6 Å². The summed E-state index contributed by atoms with van der Waals surface area (Å²) in [5, 5.41) is 22.9. The molecule has 2 aromatic heterocycles. The minimum atomic E-state index is -4.56. The molecule has 0 unspecified atom stereocenters. The maximum Gasteiger partial charge on any atom is 0.416 e. The molecule has 0 bridgehead atoms. The lowest BCUT2D eigenvalue weighted by Crippen LogP contribution is -2.34. The standard InChI is InChI=1S/C20H18F3N5O2/c1-28-12(3-5-17(28)30)9-25-19-15-10-24-7-6-13(15)18(26-27-19)14-4-2-11(8-16(14)29)20(21,22)23/h2,4,6-8,10,12,29H,3,5,9H2,1H3,(H,25,27)/t12-/m0/s1. The topological polar surface area (TPSA) is 91.2 Å². The van der Waals surface area contributed by atoms with E-state index in [1.807, 2.05) is 0 Å². The Kier molecular flexibility index (Phi) is 4.92. The van der Waals surface area contributed by atoms with Crippen molar-refractivity contribution in [2.24, 2.45) is 0 Å². The van der Waals surface area contributed by atoms with Gasteiger partial charge in [0.1, 0.15) is 11.4 Å². The number of rotatable bonds is 4. The summed E-state index contributed by atoms with van der Waals surface area (Å²) in [6.45, 7) is 0.478. The summed E-state index contributed by atoms with van der Waals surface area (Å²) >= 11 is 0. The van der Waals surface area contributed by atoms with Gasteiger partial charge in [-0.15, -0.1) is 10.2 Å². The average molecular weight is 417 g/mol. The highest BCUT2D eigenvalue weighted by Gasteiger charge is 2.31. The fraction of sp³-hybridized carbons (Fsp3) is 0.300. The van der Waals surface area contributed by atoms with Crippen LogP contribution < -0.4 is 5.32 Å². The number of phenolic OH excluding ortho intramolecular Hbond substituents is 1. The van der Waals surface area contributed by atoms with Gasteiger partial charge in [0.2, 0.25) is 5.91 Å². The first-order valence-corrected chi connectivity index (χ1v) is 9.26. The van der Waals surface area contributed by atoms with Crippen LogP contribution in [0.15, 0.2) is 36.7 Å². The Balaban J connectivity index is 1.69. The first-order valence-electron chi connectivity index (χ1n) is 9.26. The second kappa shape index (κ2) is 7.43. The number of nitrogens with one attached hydrogen (secondary N) is 1. The Morgan fingerprint density at radius 2 is 2.03 bits per heavy atom. The van der Waals surface area contributed by atoms with Crippen LogP contribution in [0.2, 0.25) is 0 Å². The molecule has 0 saturated carbocycles. The van der Waals surface area contributed by atoms with Crippen LogP contribution in [0.25, 0.3) is 22.0 Å². The van der Waals surface area contributed by atoms with E-state index in [9.17, 15) is 23.1 Å². The van der Waals surface area contributed by atoms with Crippen LogP contribution in [0, 0.1) is 0 Å². The molecule has 1 fully saturated rings. The van der Waals surface area contributed by atoms with Crippen LogP contribution in [-0.4, -0.2) is 50.7 Å². The number of anilines is 1. The third-order valence-electron chi connectivity index (χ3n) is 5.30. The SMILES string of the molecule is CN1C(=O)CC[C@H]1CNc1nnc(-c2ccc(C(F)(F)F)cc2O)c2ccncc12. The Morgan fingerprint density at radius 1 is 1.23 bits per heavy atom. The van der Waals surface area contributed by atoms with Crippen molar-refractivity contribution in [1.82, 2.24) is 20.1 Å². The zero-order valence-corrected chi connectivity index (χ0v) is 15.9. The minimum absolute atomic E-state index is 0.0321. The molecule has 1 atom stereocenters. The van der Waals surface area contributed by atoms with Gasteiger partial charge >= 0.3 is 6.18 Å². The van der Waals surface area contributed by atoms with Crippen molar-refractivity contribution in [2.45, 2.75) is 25.1 Å². The number of hydrogen-bond donors (Lipinski definition) is 2. The molecule has 1 aromatic carbocycles. The zero-order chi connectivity index (χ0) is 21.5. The number of amides is 1. The van der Waals surface area contributed by atoms with Gasteiger partial charge < -0.3 is 15.3 Å². The number of likely N-dealkylation sites (tertiary alicyclic amines) is 1. The predicted octanol–water partition coefficient (Wildman–Crippen LogP) is 3.45. The number of likely N-dealkylation sites (N-methyl/N-ethyl adjacent to an activating group) is 1. The summed E-state index contributed by atoms with van der Waals surface area (Å²) in [7, 11) is 1.75. The Labute approximate surface area is 169 Å². The number of halogens is 3. The molecule has 10 heteroatoms. The van der Waals surface area contributed by atoms with E-state index >= 15 is 0 Å². The number of nitrogens with zero attached hydrogens (tertiary/aromatic N) is 4. The molecular weight excluding hydrogens is 399 g/mol. The Hall–Kier alpha value is -3.43. The van der Waals surface area contributed by atoms with Crippen LogP contribution in [-0.2, 0) is 11.0 Å². The van der Waals surface area contributed by atoms with Crippen molar-refractivity contribution < 1.29 is 23.1 Å². The van der Waals surface area contributed by atoms with Crippen molar-refractivity contribution in [3.8, 4) is 17.0 Å². The summed E-state index contributed by atoms with van der Waals surface area (Å²) in [4.78, 5) is 17.5. The van der Waals surface area contributed by atoms with E-state index in [1.165, 1.54) is 12.3 Å². The van der Waals surface area contributed by atoms with E-state index in [-0.39, 0.29) is 23.2 Å². The molecule has 1 saturated heterocycles. The highest BCUT2D eigenvalue weighted by Crippen LogP contribution is 2.38. The van der Waals surface area contributed by atoms with Gasteiger partial charge in [0.25, 0.3) is 0 Å². The number of fused-ring (bicyclic) bond motifs is 1. The number of benzene rings is 1. The lowest BCUT2D eigenvalue weighted by molar-refractivity contribution is -0.137. The first-order chi connectivity index (χ1) is 14.3. The van der Waals surface area contributed by atoms with Gasteiger partial charge in [0, 0.05) is 54.8 Å². The van der Waals surface area contributed by atoms with E-state index in [4.69, 9.17) is 0 Å². The van der Waals surface area contributed by atoms with Gasteiger partial charge in [-0.1, -0.05) is 0 Å². The Morgan fingerprint density at radius 3 is 2.70 bits per heavy atom. The van der Waals surface area contributed by atoms with Gasteiger partial charge in [-0.2, -0.15) is 13.2 Å². The quantitative estimate of drug-likeness (QED) is 0.676. The van der Waals surface area contributed by atoms with Crippen LogP contribution in [0.4, 0.5) is 19.0 Å². The highest BCUT2D eigenvalue weighted by atomic mass is 19.4.